The van der Waals surface area contributed by atoms with Gasteiger partial charge in [0.05, 0.1) is 6.61 Å². The summed E-state index contributed by atoms with van der Waals surface area (Å²) in [7, 11) is 0. The Morgan fingerprint density at radius 2 is 2.26 bits per heavy atom. The van der Waals surface area contributed by atoms with Crippen molar-refractivity contribution in [1.29, 1.82) is 0 Å². The minimum Gasteiger partial charge on any atom is -0.450 e. The molecule has 3 rings (SSSR count). The molecule has 1 amide bonds. The first-order chi connectivity index (χ1) is 9.20. The minimum absolute atomic E-state index is 0.179. The Kier molecular flexibility index (Phi) is 3.05. The molecule has 1 heterocycles. The highest BCUT2D eigenvalue weighted by Gasteiger charge is 2.29. The molecule has 0 bridgehead atoms. The summed E-state index contributed by atoms with van der Waals surface area (Å²) in [5.74, 6) is 0. The minimum atomic E-state index is -0.179. The number of nitrogens with zero attached hydrogens (tertiary/aromatic N) is 1. The first-order valence-electron chi connectivity index (χ1n) is 6.92. The quantitative estimate of drug-likeness (QED) is 0.773. The Morgan fingerprint density at radius 1 is 1.42 bits per heavy atom. The fourth-order valence-electron chi connectivity index (χ4n) is 3.12. The number of hydrogen-bond acceptors (Lipinski definition) is 2. The number of ether oxygens (including phenoxy) is 1. The topological polar surface area (TPSA) is 29.5 Å². The van der Waals surface area contributed by atoms with E-state index in [1.165, 1.54) is 27.8 Å². The van der Waals surface area contributed by atoms with E-state index in [2.05, 4.69) is 25.1 Å². The molecule has 0 atom stereocenters. The van der Waals surface area contributed by atoms with Crippen LogP contribution in [0.15, 0.2) is 23.8 Å². The molecule has 0 radical (unpaired) electrons. The van der Waals surface area contributed by atoms with Crippen LogP contribution in [0.4, 0.5) is 4.79 Å². The number of carbonyl (C=O) groups is 1. The normalized spacial score (nSPS) is 17.3. The highest BCUT2D eigenvalue weighted by atomic mass is 16.6. The maximum atomic E-state index is 11.8. The van der Waals surface area contributed by atoms with Gasteiger partial charge in [-0.1, -0.05) is 18.2 Å². The average Bonchev–Trinajstić information content (AvgIpc) is 2.78. The molecule has 0 unspecified atom stereocenters. The molecule has 0 N–H and O–H groups in total. The monoisotopic (exact) mass is 257 g/mol. The predicted octanol–water partition coefficient (Wildman–Crippen LogP) is 3.17. The van der Waals surface area contributed by atoms with Crippen LogP contribution in [0.25, 0.3) is 5.57 Å². The van der Waals surface area contributed by atoms with Crippen LogP contribution in [0.5, 0.6) is 0 Å². The van der Waals surface area contributed by atoms with Gasteiger partial charge in [-0.3, -0.25) is 0 Å². The molecule has 1 aromatic rings. The maximum absolute atomic E-state index is 11.8. The number of fused-ring (bicyclic) bond motifs is 2. The molecule has 19 heavy (non-hydrogen) atoms. The van der Waals surface area contributed by atoms with Crippen molar-refractivity contribution in [3.63, 3.8) is 0 Å². The fraction of sp³-hybridized carbons (Fsp3) is 0.438. The van der Waals surface area contributed by atoms with E-state index in [-0.39, 0.29) is 6.09 Å². The molecule has 1 aromatic carbocycles. The van der Waals surface area contributed by atoms with Gasteiger partial charge in [0.1, 0.15) is 0 Å². The van der Waals surface area contributed by atoms with E-state index in [1.54, 1.807) is 0 Å². The number of rotatable bonds is 1. The molecule has 0 saturated carbocycles. The summed E-state index contributed by atoms with van der Waals surface area (Å²) in [6, 6.07) is 6.51. The number of carbonyl (C=O) groups excluding carboxylic acids is 1. The summed E-state index contributed by atoms with van der Waals surface area (Å²) in [4.78, 5) is 13.6. The Labute approximate surface area is 113 Å². The lowest BCUT2D eigenvalue weighted by Gasteiger charge is -2.27. The summed E-state index contributed by atoms with van der Waals surface area (Å²) in [6.45, 7) is 5.95. The van der Waals surface area contributed by atoms with Crippen LogP contribution in [-0.4, -0.2) is 30.7 Å². The Balaban J connectivity index is 1.84. The summed E-state index contributed by atoms with van der Waals surface area (Å²) < 4.78 is 5.10. The van der Waals surface area contributed by atoms with Crippen LogP contribution < -0.4 is 0 Å². The van der Waals surface area contributed by atoms with E-state index in [0.29, 0.717) is 6.61 Å². The van der Waals surface area contributed by atoms with Crippen LogP contribution in [0.2, 0.25) is 0 Å². The second-order valence-electron chi connectivity index (χ2n) is 5.23. The van der Waals surface area contributed by atoms with Crippen LogP contribution in [0.3, 0.4) is 0 Å². The standard InChI is InChI=1S/C16H19NO2/c1-3-19-16(18)17-8-7-13-12(10-17)9-15-11(2)5-4-6-14(13)15/h4-6H,3,7-10H2,1-2H3. The summed E-state index contributed by atoms with van der Waals surface area (Å²) >= 11 is 0. The van der Waals surface area contributed by atoms with E-state index in [9.17, 15) is 4.79 Å². The van der Waals surface area contributed by atoms with Gasteiger partial charge in [0, 0.05) is 13.1 Å². The van der Waals surface area contributed by atoms with Crippen LogP contribution >= 0.6 is 0 Å². The summed E-state index contributed by atoms with van der Waals surface area (Å²) in [5.41, 5.74) is 7.05. The van der Waals surface area contributed by atoms with Crippen LogP contribution in [0.1, 0.15) is 30.0 Å². The van der Waals surface area contributed by atoms with Gasteiger partial charge in [-0.15, -0.1) is 0 Å². The third kappa shape index (κ3) is 2.03. The van der Waals surface area contributed by atoms with Crippen molar-refractivity contribution in [2.75, 3.05) is 19.7 Å². The number of hydrogen-bond donors (Lipinski definition) is 0. The molecular formula is C16H19NO2. The van der Waals surface area contributed by atoms with Gasteiger partial charge < -0.3 is 9.64 Å². The van der Waals surface area contributed by atoms with E-state index >= 15 is 0 Å². The van der Waals surface area contributed by atoms with Gasteiger partial charge in [0.25, 0.3) is 0 Å². The zero-order valence-electron chi connectivity index (χ0n) is 11.5. The number of aryl methyl sites for hydroxylation is 1. The zero-order chi connectivity index (χ0) is 13.4. The molecule has 0 saturated heterocycles. The first-order valence-corrected chi connectivity index (χ1v) is 6.92. The lowest BCUT2D eigenvalue weighted by Crippen LogP contribution is -2.36. The zero-order valence-corrected chi connectivity index (χ0v) is 11.5. The van der Waals surface area contributed by atoms with Crippen molar-refractivity contribution in [3.8, 4) is 0 Å². The van der Waals surface area contributed by atoms with Gasteiger partial charge >= 0.3 is 6.09 Å². The number of benzene rings is 1. The van der Waals surface area contributed by atoms with Crippen molar-refractivity contribution >= 4 is 11.7 Å². The van der Waals surface area contributed by atoms with Gasteiger partial charge in [-0.25, -0.2) is 4.79 Å². The molecule has 2 aliphatic rings. The largest absolute Gasteiger partial charge is 0.450 e. The molecular weight excluding hydrogens is 238 g/mol. The highest BCUT2D eigenvalue weighted by Crippen LogP contribution is 2.39. The first kappa shape index (κ1) is 12.3. The Morgan fingerprint density at radius 3 is 3.05 bits per heavy atom. The second-order valence-corrected chi connectivity index (χ2v) is 5.23. The molecule has 1 aliphatic heterocycles. The van der Waals surface area contributed by atoms with E-state index in [4.69, 9.17) is 4.74 Å². The van der Waals surface area contributed by atoms with E-state index < -0.39 is 0 Å². The van der Waals surface area contributed by atoms with Gasteiger partial charge in [-0.05, 0) is 54.5 Å². The van der Waals surface area contributed by atoms with E-state index in [0.717, 1.165) is 25.9 Å². The lowest BCUT2D eigenvalue weighted by atomic mass is 9.98. The van der Waals surface area contributed by atoms with Crippen LogP contribution in [0, 0.1) is 6.92 Å². The maximum Gasteiger partial charge on any atom is 0.410 e. The van der Waals surface area contributed by atoms with Crippen LogP contribution in [-0.2, 0) is 11.2 Å². The lowest BCUT2D eigenvalue weighted by molar-refractivity contribution is 0.110. The molecule has 1 aliphatic carbocycles. The number of amides is 1. The Hall–Kier alpha value is -1.77. The third-order valence-corrected chi connectivity index (χ3v) is 4.09. The van der Waals surface area contributed by atoms with Gasteiger partial charge in [0.2, 0.25) is 0 Å². The molecule has 0 fully saturated rings. The average molecular weight is 257 g/mol. The van der Waals surface area contributed by atoms with Crippen molar-refractivity contribution in [1.82, 2.24) is 4.90 Å². The second kappa shape index (κ2) is 4.72. The van der Waals surface area contributed by atoms with Crippen molar-refractivity contribution in [3.05, 3.63) is 40.5 Å². The van der Waals surface area contributed by atoms with Gasteiger partial charge in [0.15, 0.2) is 0 Å². The third-order valence-electron chi connectivity index (χ3n) is 4.09. The predicted molar refractivity (Wildman–Crippen MR) is 75.0 cm³/mol. The summed E-state index contributed by atoms with van der Waals surface area (Å²) in [5, 5.41) is 0. The SMILES string of the molecule is CCOC(=O)N1CCC2=C(Cc3c(C)cccc32)C1. The summed E-state index contributed by atoms with van der Waals surface area (Å²) in [6.07, 6.45) is 1.76. The fourth-order valence-corrected chi connectivity index (χ4v) is 3.12. The molecule has 0 spiro atoms. The molecule has 100 valence electrons. The highest BCUT2D eigenvalue weighted by molar-refractivity contribution is 5.80. The molecule has 3 heteroatoms. The van der Waals surface area contributed by atoms with Gasteiger partial charge in [-0.2, -0.15) is 0 Å². The Bertz CT molecular complexity index is 560. The smallest absolute Gasteiger partial charge is 0.410 e. The van der Waals surface area contributed by atoms with Crippen molar-refractivity contribution in [2.45, 2.75) is 26.7 Å². The van der Waals surface area contributed by atoms with E-state index in [1.807, 2.05) is 11.8 Å². The van der Waals surface area contributed by atoms with Crippen molar-refractivity contribution < 1.29 is 9.53 Å². The molecule has 0 aromatic heterocycles. The van der Waals surface area contributed by atoms with Crippen molar-refractivity contribution in [2.24, 2.45) is 0 Å². The molecule has 3 nitrogen and oxygen atoms in total.